The van der Waals surface area contributed by atoms with Crippen LogP contribution in [0.4, 0.5) is 4.39 Å². The first kappa shape index (κ1) is 21.0. The van der Waals surface area contributed by atoms with Crippen molar-refractivity contribution in [3.05, 3.63) is 78.0 Å². The molecule has 1 aromatic rings. The van der Waals surface area contributed by atoms with Crippen molar-refractivity contribution in [2.24, 2.45) is 0 Å². The molecule has 134 valence electrons. The molecule has 0 spiro atoms. The van der Waals surface area contributed by atoms with Crippen molar-refractivity contribution in [2.75, 3.05) is 13.7 Å². The van der Waals surface area contributed by atoms with Crippen LogP contribution < -0.4 is 5.09 Å². The second kappa shape index (κ2) is 10.8. The minimum absolute atomic E-state index is 0.0286. The number of hydrogen-bond acceptors (Lipinski definition) is 2. The van der Waals surface area contributed by atoms with E-state index in [1.165, 1.54) is 0 Å². The Bertz CT molecular complexity index is 680. The lowest BCUT2D eigenvalue weighted by molar-refractivity contribution is -0.129. The maximum absolute atomic E-state index is 12.8. The molecule has 1 N–H and O–H groups in total. The van der Waals surface area contributed by atoms with E-state index >= 15 is 0 Å². The van der Waals surface area contributed by atoms with E-state index < -0.39 is 6.04 Å². The van der Waals surface area contributed by atoms with E-state index in [4.69, 9.17) is 0 Å². The van der Waals surface area contributed by atoms with Gasteiger partial charge in [0.05, 0.1) is 12.9 Å². The fraction of sp³-hybridized carbons (Fsp3) is 0.250. The summed E-state index contributed by atoms with van der Waals surface area (Å²) in [6.07, 6.45) is 7.72. The van der Waals surface area contributed by atoms with Crippen molar-refractivity contribution >= 4 is 20.9 Å². The predicted molar refractivity (Wildman–Crippen MR) is 108 cm³/mol. The quantitative estimate of drug-likeness (QED) is 0.795. The van der Waals surface area contributed by atoms with Gasteiger partial charge < -0.3 is 4.90 Å². The van der Waals surface area contributed by atoms with Gasteiger partial charge in [-0.15, -0.1) is 0 Å². The molecule has 0 saturated heterocycles. The summed E-state index contributed by atoms with van der Waals surface area (Å²) in [5.74, 6) is 0.0286. The van der Waals surface area contributed by atoms with Crippen LogP contribution in [0.25, 0.3) is 5.57 Å². The molecule has 0 fully saturated rings. The largest absolute Gasteiger partial charge is 0.310 e. The van der Waals surface area contributed by atoms with Crippen molar-refractivity contribution in [3.63, 3.8) is 0 Å². The highest BCUT2D eigenvalue weighted by atomic mass is 31.0. The van der Waals surface area contributed by atoms with E-state index in [1.54, 1.807) is 4.90 Å². The van der Waals surface area contributed by atoms with Gasteiger partial charge in [-0.3, -0.25) is 14.3 Å². The molecule has 0 aromatic heterocycles. The zero-order valence-corrected chi connectivity index (χ0v) is 16.2. The molecule has 2 atom stereocenters. The van der Waals surface area contributed by atoms with Crippen molar-refractivity contribution in [1.82, 2.24) is 9.99 Å². The van der Waals surface area contributed by atoms with Gasteiger partial charge in [0.15, 0.2) is 0 Å². The van der Waals surface area contributed by atoms with Crippen LogP contribution in [0.15, 0.2) is 72.5 Å². The van der Waals surface area contributed by atoms with Crippen LogP contribution in [0.1, 0.15) is 19.4 Å². The Hall–Kier alpha value is -2.03. The first-order valence-electron chi connectivity index (χ1n) is 8.10. The number of nitrogens with one attached hydrogen (secondary N) is 1. The number of amides is 1. The summed E-state index contributed by atoms with van der Waals surface area (Å²) < 4.78 is 9.50. The highest BCUT2D eigenvalue weighted by Crippen LogP contribution is 2.32. The highest BCUT2D eigenvalue weighted by Gasteiger charge is 2.28. The minimum atomic E-state index is -0.395. The molecule has 0 bridgehead atoms. The van der Waals surface area contributed by atoms with Gasteiger partial charge in [0.1, 0.15) is 6.04 Å². The summed E-state index contributed by atoms with van der Waals surface area (Å²) in [6.45, 7) is 8.52. The Morgan fingerprint density at radius 3 is 2.44 bits per heavy atom. The standard InChI is InChI=1S/C19H23N2OP.CH3F/c1-4-10-18-15(5-2)16(14-11-8-7-9-12-14)13-17(20-23)19(22)21(18)6-3;1-2/h4-5,7-13,17,20H,2,6,23H2,1,3H3;1H3/b10-4-;. The monoisotopic (exact) mass is 360 g/mol. The third kappa shape index (κ3) is 4.75. The van der Waals surface area contributed by atoms with E-state index in [0.29, 0.717) is 13.7 Å². The summed E-state index contributed by atoms with van der Waals surface area (Å²) in [6, 6.07) is 9.69. The summed E-state index contributed by atoms with van der Waals surface area (Å²) in [5.41, 5.74) is 3.93. The van der Waals surface area contributed by atoms with E-state index in [0.717, 1.165) is 22.4 Å². The van der Waals surface area contributed by atoms with Gasteiger partial charge in [-0.2, -0.15) is 0 Å². The molecule has 2 unspecified atom stereocenters. The predicted octanol–water partition coefficient (Wildman–Crippen LogP) is 4.28. The lowest BCUT2D eigenvalue weighted by Gasteiger charge is -2.25. The number of nitrogens with zero attached hydrogens (tertiary/aromatic N) is 1. The Labute approximate surface area is 152 Å². The fourth-order valence-electron chi connectivity index (χ4n) is 2.76. The SMILES string of the molecule is C=CC1=C(/C=C\C)N(CC)C(=O)C(NP)C=C1c1ccccc1.CF. The number of alkyl halides is 1. The third-order valence-corrected chi connectivity index (χ3v) is 4.19. The lowest BCUT2D eigenvalue weighted by atomic mass is 9.95. The van der Waals surface area contributed by atoms with Gasteiger partial charge in [-0.05, 0) is 37.1 Å². The van der Waals surface area contributed by atoms with Gasteiger partial charge in [0.2, 0.25) is 5.91 Å². The van der Waals surface area contributed by atoms with Gasteiger partial charge in [-0.25, -0.2) is 0 Å². The average Bonchev–Trinajstić information content (AvgIpc) is 2.78. The molecule has 2 rings (SSSR count). The molecule has 25 heavy (non-hydrogen) atoms. The number of halogens is 1. The van der Waals surface area contributed by atoms with Crippen molar-refractivity contribution < 1.29 is 9.18 Å². The summed E-state index contributed by atoms with van der Waals surface area (Å²) in [5, 5.41) is 3.03. The van der Waals surface area contributed by atoms with Crippen molar-refractivity contribution in [3.8, 4) is 0 Å². The minimum Gasteiger partial charge on any atom is -0.310 e. The van der Waals surface area contributed by atoms with Crippen LogP contribution in [-0.2, 0) is 4.79 Å². The molecule has 1 aromatic carbocycles. The number of carbonyl (C=O) groups is 1. The lowest BCUT2D eigenvalue weighted by Crippen LogP contribution is -2.41. The van der Waals surface area contributed by atoms with Crippen LogP contribution in [0.5, 0.6) is 0 Å². The molecule has 0 radical (unpaired) electrons. The van der Waals surface area contributed by atoms with Gasteiger partial charge in [0.25, 0.3) is 0 Å². The number of carbonyl (C=O) groups excluding carboxylic acids is 1. The summed E-state index contributed by atoms with van der Waals surface area (Å²) in [4.78, 5) is 14.6. The topological polar surface area (TPSA) is 32.3 Å². The first-order chi connectivity index (χ1) is 12.2. The smallest absolute Gasteiger partial charge is 0.248 e. The second-order valence-electron chi connectivity index (χ2n) is 5.18. The Balaban J connectivity index is 0.00000151. The van der Waals surface area contributed by atoms with Crippen LogP contribution >= 0.6 is 9.39 Å². The Morgan fingerprint density at radius 1 is 1.32 bits per heavy atom. The van der Waals surface area contributed by atoms with Crippen molar-refractivity contribution in [2.45, 2.75) is 19.9 Å². The molecule has 1 heterocycles. The Morgan fingerprint density at radius 2 is 1.96 bits per heavy atom. The maximum Gasteiger partial charge on any atom is 0.248 e. The fourth-order valence-corrected chi connectivity index (χ4v) is 3.00. The normalized spacial score (nSPS) is 17.8. The molecular weight excluding hydrogens is 334 g/mol. The molecule has 3 nitrogen and oxygen atoms in total. The highest BCUT2D eigenvalue weighted by molar-refractivity contribution is 7.13. The van der Waals surface area contributed by atoms with Gasteiger partial charge in [0, 0.05) is 12.1 Å². The molecule has 1 amide bonds. The number of allylic oxidation sites excluding steroid dienone is 5. The summed E-state index contributed by atoms with van der Waals surface area (Å²) in [7, 11) is 2.94. The molecule has 0 saturated carbocycles. The summed E-state index contributed by atoms with van der Waals surface area (Å²) >= 11 is 0. The van der Waals surface area contributed by atoms with Crippen molar-refractivity contribution in [1.29, 1.82) is 0 Å². The van der Waals surface area contributed by atoms with E-state index in [1.807, 2.05) is 56.4 Å². The van der Waals surface area contributed by atoms with Crippen LogP contribution in [0, 0.1) is 0 Å². The molecule has 0 aliphatic carbocycles. The number of benzene rings is 1. The number of rotatable bonds is 5. The third-order valence-electron chi connectivity index (χ3n) is 3.83. The number of hydrogen-bond donors (Lipinski definition) is 1. The van der Waals surface area contributed by atoms with Crippen LogP contribution in [0.2, 0.25) is 0 Å². The van der Waals surface area contributed by atoms with Gasteiger partial charge in [-0.1, -0.05) is 58.5 Å². The zero-order chi connectivity index (χ0) is 18.8. The van der Waals surface area contributed by atoms with Crippen LogP contribution in [-0.4, -0.2) is 30.6 Å². The maximum atomic E-state index is 12.8. The van der Waals surface area contributed by atoms with E-state index in [2.05, 4.69) is 33.2 Å². The molecule has 1 aliphatic heterocycles. The second-order valence-corrected chi connectivity index (χ2v) is 5.51. The molecular formula is C20H26FN2OP. The van der Waals surface area contributed by atoms with E-state index in [-0.39, 0.29) is 5.91 Å². The zero-order valence-electron chi connectivity index (χ0n) is 15.0. The van der Waals surface area contributed by atoms with Crippen LogP contribution in [0.3, 0.4) is 0 Å². The van der Waals surface area contributed by atoms with E-state index in [9.17, 15) is 9.18 Å². The molecule has 5 heteroatoms. The Kier molecular flexibility index (Phi) is 9.04. The number of likely N-dealkylation sites (N-methyl/N-ethyl adjacent to an activating group) is 1. The molecule has 1 aliphatic rings. The first-order valence-corrected chi connectivity index (χ1v) is 8.67. The average molecular weight is 360 g/mol. The van der Waals surface area contributed by atoms with Gasteiger partial charge >= 0.3 is 0 Å².